The van der Waals surface area contributed by atoms with Gasteiger partial charge in [-0.25, -0.2) is 4.79 Å². The maximum absolute atomic E-state index is 12.5. The summed E-state index contributed by atoms with van der Waals surface area (Å²) in [5, 5.41) is 3.36. The highest BCUT2D eigenvalue weighted by Crippen LogP contribution is 2.27. The summed E-state index contributed by atoms with van der Waals surface area (Å²) in [7, 11) is 0. The summed E-state index contributed by atoms with van der Waals surface area (Å²) in [4.78, 5) is 32.4. The Morgan fingerprint density at radius 3 is 2.95 bits per heavy atom. The molecule has 6 nitrogen and oxygen atoms in total. The van der Waals surface area contributed by atoms with Crippen LogP contribution in [0.3, 0.4) is 0 Å². The number of aromatic amines is 1. The number of aromatic nitrogens is 2. The van der Waals surface area contributed by atoms with Crippen LogP contribution in [0.1, 0.15) is 29.8 Å². The molecule has 0 bridgehead atoms. The highest BCUT2D eigenvalue weighted by molar-refractivity contribution is 5.77. The maximum Gasteiger partial charge on any atom is 0.345 e. The van der Waals surface area contributed by atoms with Gasteiger partial charge in [-0.15, -0.1) is 0 Å². The largest absolute Gasteiger partial charge is 0.345 e. The first-order valence-corrected chi connectivity index (χ1v) is 7.63. The van der Waals surface area contributed by atoms with Crippen LogP contribution in [0.2, 0.25) is 0 Å². The van der Waals surface area contributed by atoms with E-state index in [0.29, 0.717) is 24.8 Å². The molecule has 2 atom stereocenters. The number of likely N-dealkylation sites (tertiary alicyclic amines) is 1. The molecule has 1 aromatic rings. The third-order valence-electron chi connectivity index (χ3n) is 4.81. The number of rotatable bonds is 3. The lowest BCUT2D eigenvalue weighted by Gasteiger charge is -2.23. The van der Waals surface area contributed by atoms with Gasteiger partial charge in [0.25, 0.3) is 0 Å². The van der Waals surface area contributed by atoms with Crippen LogP contribution >= 0.6 is 0 Å². The van der Waals surface area contributed by atoms with Crippen molar-refractivity contribution in [3.8, 4) is 0 Å². The topological polar surface area (TPSA) is 78.1 Å². The Labute approximate surface area is 124 Å². The van der Waals surface area contributed by atoms with Crippen LogP contribution in [0.15, 0.2) is 4.79 Å². The predicted octanol–water partition coefficient (Wildman–Crippen LogP) is 0.140. The number of H-pyrrole nitrogens is 1. The number of nitrogens with one attached hydrogen (secondary N) is 2. The number of carbonyl (C=O) groups is 1. The zero-order valence-electron chi connectivity index (χ0n) is 12.6. The predicted molar refractivity (Wildman–Crippen MR) is 79.1 cm³/mol. The third-order valence-corrected chi connectivity index (χ3v) is 4.81. The van der Waals surface area contributed by atoms with E-state index in [0.717, 1.165) is 43.0 Å². The quantitative estimate of drug-likeness (QED) is 0.830. The number of hydrogen-bond acceptors (Lipinski definition) is 4. The second kappa shape index (κ2) is 5.60. The van der Waals surface area contributed by atoms with Gasteiger partial charge in [0.1, 0.15) is 0 Å². The Morgan fingerprint density at radius 1 is 1.38 bits per heavy atom. The average Bonchev–Trinajstić information content (AvgIpc) is 2.99. The van der Waals surface area contributed by atoms with Gasteiger partial charge in [0.15, 0.2) is 0 Å². The standard InChI is InChI=1S/C15H22N4O2/c1-9-12(10(2)18-15(21)17-9)3-4-14(20)19-6-5-11-7-16-8-13(11)19/h11,13,16H,3-8H2,1-2H3,(H,17,18,21)/t11-,13+/m0/s1. The molecule has 2 saturated heterocycles. The molecule has 1 aromatic heterocycles. The van der Waals surface area contributed by atoms with E-state index >= 15 is 0 Å². The van der Waals surface area contributed by atoms with Gasteiger partial charge in [0.2, 0.25) is 5.91 Å². The third kappa shape index (κ3) is 2.72. The zero-order chi connectivity index (χ0) is 15.0. The fourth-order valence-electron chi connectivity index (χ4n) is 3.66. The molecule has 21 heavy (non-hydrogen) atoms. The lowest BCUT2D eigenvalue weighted by atomic mass is 10.0. The second-order valence-electron chi connectivity index (χ2n) is 6.09. The summed E-state index contributed by atoms with van der Waals surface area (Å²) in [5.41, 5.74) is 2.22. The van der Waals surface area contributed by atoms with Crippen LogP contribution < -0.4 is 11.0 Å². The lowest BCUT2D eigenvalue weighted by molar-refractivity contribution is -0.131. The number of hydrogen-bond donors (Lipinski definition) is 2. The summed E-state index contributed by atoms with van der Waals surface area (Å²) in [6, 6.07) is 0.383. The van der Waals surface area contributed by atoms with Crippen molar-refractivity contribution in [2.24, 2.45) is 5.92 Å². The fourth-order valence-corrected chi connectivity index (χ4v) is 3.66. The minimum atomic E-state index is -0.320. The Hall–Kier alpha value is -1.69. The smallest absolute Gasteiger partial charge is 0.338 e. The molecule has 2 aliphatic heterocycles. The molecule has 1 amide bonds. The Kier molecular flexibility index (Phi) is 3.80. The van der Waals surface area contributed by atoms with E-state index in [1.807, 2.05) is 18.7 Å². The fraction of sp³-hybridized carbons (Fsp3) is 0.667. The summed E-state index contributed by atoms with van der Waals surface area (Å²) in [5.74, 6) is 0.850. The first kappa shape index (κ1) is 14.3. The normalized spacial score (nSPS) is 24.4. The molecule has 0 aromatic carbocycles. The number of nitrogens with zero attached hydrogens (tertiary/aromatic N) is 2. The number of amides is 1. The van der Waals surface area contributed by atoms with Crippen molar-refractivity contribution in [2.75, 3.05) is 19.6 Å². The van der Waals surface area contributed by atoms with Gasteiger partial charge in [-0.1, -0.05) is 0 Å². The number of carbonyl (C=O) groups excluding carboxylic acids is 1. The van der Waals surface area contributed by atoms with Gasteiger partial charge in [0.05, 0.1) is 0 Å². The van der Waals surface area contributed by atoms with E-state index in [4.69, 9.17) is 0 Å². The summed E-state index contributed by atoms with van der Waals surface area (Å²) in [6.45, 7) is 6.54. The molecule has 2 fully saturated rings. The van der Waals surface area contributed by atoms with E-state index in [9.17, 15) is 9.59 Å². The van der Waals surface area contributed by atoms with Crippen molar-refractivity contribution in [3.05, 3.63) is 27.4 Å². The van der Waals surface area contributed by atoms with Crippen molar-refractivity contribution in [1.29, 1.82) is 0 Å². The Morgan fingerprint density at radius 2 is 2.19 bits per heavy atom. The molecule has 2 aliphatic rings. The van der Waals surface area contributed by atoms with Crippen molar-refractivity contribution in [1.82, 2.24) is 20.2 Å². The van der Waals surface area contributed by atoms with Crippen molar-refractivity contribution in [2.45, 2.75) is 39.2 Å². The molecule has 0 spiro atoms. The molecule has 2 N–H and O–H groups in total. The first-order chi connectivity index (χ1) is 10.1. The van der Waals surface area contributed by atoms with Crippen molar-refractivity contribution in [3.63, 3.8) is 0 Å². The lowest BCUT2D eigenvalue weighted by Crippen LogP contribution is -2.39. The van der Waals surface area contributed by atoms with Crippen molar-refractivity contribution < 1.29 is 4.79 Å². The summed E-state index contributed by atoms with van der Waals surface area (Å²) >= 11 is 0. The molecule has 0 aliphatic carbocycles. The second-order valence-corrected chi connectivity index (χ2v) is 6.09. The first-order valence-electron chi connectivity index (χ1n) is 7.63. The molecule has 3 heterocycles. The van der Waals surface area contributed by atoms with Crippen LogP contribution in [-0.4, -0.2) is 46.5 Å². The molecule has 0 saturated carbocycles. The zero-order valence-corrected chi connectivity index (χ0v) is 12.6. The Bertz CT molecular complexity index is 584. The molecule has 0 radical (unpaired) electrons. The summed E-state index contributed by atoms with van der Waals surface area (Å²) < 4.78 is 0. The van der Waals surface area contributed by atoms with Gasteiger partial charge in [-0.3, -0.25) is 4.79 Å². The minimum Gasteiger partial charge on any atom is -0.338 e. The van der Waals surface area contributed by atoms with Crippen LogP contribution in [0.5, 0.6) is 0 Å². The highest BCUT2D eigenvalue weighted by Gasteiger charge is 2.39. The van der Waals surface area contributed by atoms with Gasteiger partial charge in [0, 0.05) is 43.5 Å². The number of fused-ring (bicyclic) bond motifs is 1. The van der Waals surface area contributed by atoms with Gasteiger partial charge in [-0.05, 0) is 38.2 Å². The van der Waals surface area contributed by atoms with Gasteiger partial charge >= 0.3 is 5.69 Å². The van der Waals surface area contributed by atoms with Crippen LogP contribution in [-0.2, 0) is 11.2 Å². The highest BCUT2D eigenvalue weighted by atomic mass is 16.2. The van der Waals surface area contributed by atoms with Gasteiger partial charge in [-0.2, -0.15) is 4.98 Å². The molecule has 114 valence electrons. The van der Waals surface area contributed by atoms with Crippen molar-refractivity contribution >= 4 is 5.91 Å². The monoisotopic (exact) mass is 290 g/mol. The molecular formula is C15H22N4O2. The van der Waals surface area contributed by atoms with Crippen LogP contribution in [0.25, 0.3) is 0 Å². The van der Waals surface area contributed by atoms with Crippen LogP contribution in [0, 0.1) is 19.8 Å². The SMILES string of the molecule is Cc1nc(=O)[nH]c(C)c1CCC(=O)N1CC[C@H]2CNC[C@H]21. The van der Waals surface area contributed by atoms with E-state index in [-0.39, 0.29) is 11.6 Å². The summed E-state index contributed by atoms with van der Waals surface area (Å²) in [6.07, 6.45) is 2.24. The van der Waals surface area contributed by atoms with E-state index < -0.39 is 0 Å². The minimum absolute atomic E-state index is 0.219. The number of aryl methyl sites for hydroxylation is 2. The average molecular weight is 290 g/mol. The van der Waals surface area contributed by atoms with E-state index in [1.165, 1.54) is 0 Å². The molecule has 0 unspecified atom stereocenters. The van der Waals surface area contributed by atoms with Gasteiger partial charge < -0.3 is 15.2 Å². The molecule has 3 rings (SSSR count). The van der Waals surface area contributed by atoms with E-state index in [1.54, 1.807) is 0 Å². The molecule has 6 heteroatoms. The molecular weight excluding hydrogens is 268 g/mol. The van der Waals surface area contributed by atoms with E-state index in [2.05, 4.69) is 15.3 Å². The van der Waals surface area contributed by atoms with Crippen LogP contribution in [0.4, 0.5) is 0 Å². The Balaban J connectivity index is 1.65. The maximum atomic E-state index is 12.5.